The number of unbranched alkanes of at least 4 members (excludes halogenated alkanes) is 16. The third-order valence-electron chi connectivity index (χ3n) is 8.45. The van der Waals surface area contributed by atoms with Gasteiger partial charge in [-0.05, 0) is 58.4 Å². The fourth-order valence-electron chi connectivity index (χ4n) is 5.31. The van der Waals surface area contributed by atoms with E-state index in [0.29, 0.717) is 19.4 Å². The van der Waals surface area contributed by atoms with Crippen LogP contribution in [-0.4, -0.2) is 56.3 Å². The molecule has 0 rings (SSSR count). The summed E-state index contributed by atoms with van der Waals surface area (Å²) in [6, 6.07) is 0. The minimum Gasteiger partial charge on any atom is -0.462 e. The number of hydrogen-bond donors (Lipinski definition) is 2. The van der Waals surface area contributed by atoms with Crippen LogP contribution in [0.3, 0.4) is 0 Å². The zero-order valence-corrected chi connectivity index (χ0v) is 34.1. The van der Waals surface area contributed by atoms with Gasteiger partial charge in [-0.3, -0.25) is 18.6 Å². The fourth-order valence-corrected chi connectivity index (χ4v) is 6.06. The van der Waals surface area contributed by atoms with Crippen molar-refractivity contribution >= 4 is 19.8 Å². The summed E-state index contributed by atoms with van der Waals surface area (Å²) in [5.74, 6) is -0.872. The van der Waals surface area contributed by atoms with Crippen LogP contribution in [0.15, 0.2) is 48.6 Å². The first-order valence-corrected chi connectivity index (χ1v) is 22.1. The second-order valence-electron chi connectivity index (χ2n) is 13.5. The summed E-state index contributed by atoms with van der Waals surface area (Å²) in [6.45, 7) is 4.12. The predicted molar refractivity (Wildman–Crippen MR) is 215 cm³/mol. The van der Waals surface area contributed by atoms with Crippen LogP contribution >= 0.6 is 7.82 Å². The molecule has 2 atom stereocenters. The SMILES string of the molecule is CCCCC/C=C\C/C=C\C/C=C\C/C=C\CCCC(=O)OC(COC(=O)CCCCCCCCCCCCCCC)COP(=O)(O)OCCNC. The number of carbonyl (C=O) groups is 2. The van der Waals surface area contributed by atoms with Crippen LogP contribution in [-0.2, 0) is 32.7 Å². The van der Waals surface area contributed by atoms with Gasteiger partial charge < -0.3 is 19.7 Å². The van der Waals surface area contributed by atoms with Crippen molar-refractivity contribution in [1.82, 2.24) is 5.32 Å². The van der Waals surface area contributed by atoms with Crippen LogP contribution in [0.1, 0.15) is 168 Å². The molecule has 0 spiro atoms. The first-order valence-electron chi connectivity index (χ1n) is 20.6. The van der Waals surface area contributed by atoms with E-state index in [-0.39, 0.29) is 32.0 Å². The van der Waals surface area contributed by atoms with E-state index in [2.05, 4.69) is 61.7 Å². The minimum atomic E-state index is -4.36. The summed E-state index contributed by atoms with van der Waals surface area (Å²) in [4.78, 5) is 34.9. The molecule has 2 unspecified atom stereocenters. The van der Waals surface area contributed by atoms with Crippen molar-refractivity contribution in [3.63, 3.8) is 0 Å². The van der Waals surface area contributed by atoms with Crippen LogP contribution in [0.25, 0.3) is 0 Å². The van der Waals surface area contributed by atoms with Gasteiger partial charge in [-0.25, -0.2) is 4.57 Å². The zero-order valence-electron chi connectivity index (χ0n) is 33.2. The molecule has 0 saturated heterocycles. The Labute approximate surface area is 318 Å². The lowest BCUT2D eigenvalue weighted by Gasteiger charge is -2.20. The number of ether oxygens (including phenoxy) is 2. The van der Waals surface area contributed by atoms with Gasteiger partial charge in [0, 0.05) is 19.4 Å². The number of esters is 2. The highest BCUT2D eigenvalue weighted by Gasteiger charge is 2.26. The van der Waals surface area contributed by atoms with Gasteiger partial charge in [0.2, 0.25) is 0 Å². The second kappa shape index (κ2) is 38.7. The lowest BCUT2D eigenvalue weighted by molar-refractivity contribution is -0.161. The van der Waals surface area contributed by atoms with Gasteiger partial charge >= 0.3 is 19.8 Å². The first kappa shape index (κ1) is 50.0. The molecule has 0 heterocycles. The average Bonchev–Trinajstić information content (AvgIpc) is 3.12. The molecule has 0 radical (unpaired) electrons. The van der Waals surface area contributed by atoms with E-state index in [4.69, 9.17) is 18.5 Å². The number of hydrogen-bond acceptors (Lipinski definition) is 8. The molecule has 0 saturated carbocycles. The van der Waals surface area contributed by atoms with Crippen molar-refractivity contribution in [2.24, 2.45) is 0 Å². The summed E-state index contributed by atoms with van der Waals surface area (Å²) in [5, 5.41) is 2.81. The van der Waals surface area contributed by atoms with Crippen LogP contribution in [0.5, 0.6) is 0 Å². The lowest BCUT2D eigenvalue weighted by Crippen LogP contribution is -2.29. The van der Waals surface area contributed by atoms with Gasteiger partial charge in [0.25, 0.3) is 0 Å². The molecule has 302 valence electrons. The molecule has 0 aliphatic carbocycles. The Hall–Kier alpha value is -2.03. The highest BCUT2D eigenvalue weighted by Crippen LogP contribution is 2.43. The number of nitrogens with one attached hydrogen (secondary N) is 1. The van der Waals surface area contributed by atoms with Crippen molar-refractivity contribution in [2.75, 3.05) is 33.4 Å². The number of phosphoric acid groups is 1. The Balaban J connectivity index is 4.36. The lowest BCUT2D eigenvalue weighted by atomic mass is 10.0. The van der Waals surface area contributed by atoms with Gasteiger partial charge in [0.05, 0.1) is 13.2 Å². The van der Waals surface area contributed by atoms with E-state index in [0.717, 1.165) is 38.5 Å². The Morgan fingerprint density at radius 3 is 1.60 bits per heavy atom. The Kier molecular flexibility index (Phi) is 37.2. The quantitative estimate of drug-likeness (QED) is 0.0275. The predicted octanol–water partition coefficient (Wildman–Crippen LogP) is 11.4. The summed E-state index contributed by atoms with van der Waals surface area (Å²) in [7, 11) is -2.67. The number of carbonyl (C=O) groups excluding carboxylic acids is 2. The normalized spacial score (nSPS) is 13.8. The molecule has 0 aromatic carbocycles. The van der Waals surface area contributed by atoms with Crippen LogP contribution < -0.4 is 5.32 Å². The molecule has 0 fully saturated rings. The maximum atomic E-state index is 12.6. The topological polar surface area (TPSA) is 120 Å². The molecule has 0 aromatic rings. The van der Waals surface area contributed by atoms with Crippen molar-refractivity contribution in [1.29, 1.82) is 0 Å². The van der Waals surface area contributed by atoms with Crippen LogP contribution in [0.4, 0.5) is 0 Å². The van der Waals surface area contributed by atoms with Gasteiger partial charge in [-0.1, -0.05) is 152 Å². The molecular formula is C42H76NO8P. The largest absolute Gasteiger partial charge is 0.472 e. The van der Waals surface area contributed by atoms with E-state index in [1.54, 1.807) is 7.05 Å². The second-order valence-corrected chi connectivity index (χ2v) is 14.9. The van der Waals surface area contributed by atoms with Crippen LogP contribution in [0.2, 0.25) is 0 Å². The van der Waals surface area contributed by atoms with Gasteiger partial charge in [-0.15, -0.1) is 0 Å². The highest BCUT2D eigenvalue weighted by molar-refractivity contribution is 7.47. The van der Waals surface area contributed by atoms with Crippen molar-refractivity contribution in [2.45, 2.75) is 174 Å². The number of phosphoric ester groups is 1. The summed E-state index contributed by atoms with van der Waals surface area (Å²) in [5.41, 5.74) is 0. The monoisotopic (exact) mass is 754 g/mol. The van der Waals surface area contributed by atoms with Crippen LogP contribution in [0, 0.1) is 0 Å². The van der Waals surface area contributed by atoms with Crippen molar-refractivity contribution in [3.8, 4) is 0 Å². The molecule has 0 bridgehead atoms. The van der Waals surface area contributed by atoms with E-state index in [9.17, 15) is 19.0 Å². The molecule has 0 aliphatic heterocycles. The van der Waals surface area contributed by atoms with E-state index >= 15 is 0 Å². The first-order chi connectivity index (χ1) is 25.3. The zero-order chi connectivity index (χ0) is 38.2. The molecule has 0 aromatic heterocycles. The van der Waals surface area contributed by atoms with E-state index in [1.807, 2.05) is 6.08 Å². The number of allylic oxidation sites excluding steroid dienone is 8. The number of rotatable bonds is 38. The molecular weight excluding hydrogens is 677 g/mol. The molecule has 9 nitrogen and oxygen atoms in total. The van der Waals surface area contributed by atoms with E-state index in [1.165, 1.54) is 89.9 Å². The molecule has 10 heteroatoms. The van der Waals surface area contributed by atoms with Gasteiger partial charge in [-0.2, -0.15) is 0 Å². The van der Waals surface area contributed by atoms with Crippen molar-refractivity contribution < 1.29 is 37.6 Å². The maximum Gasteiger partial charge on any atom is 0.472 e. The minimum absolute atomic E-state index is 0.0275. The van der Waals surface area contributed by atoms with Gasteiger partial charge in [0.15, 0.2) is 6.10 Å². The van der Waals surface area contributed by atoms with Gasteiger partial charge in [0.1, 0.15) is 6.61 Å². The van der Waals surface area contributed by atoms with E-state index < -0.39 is 26.5 Å². The summed E-state index contributed by atoms with van der Waals surface area (Å²) in [6.07, 6.45) is 41.6. The standard InChI is InChI=1S/C42H76NO8P/c1-4-6-8-10-12-14-16-18-19-20-21-23-25-27-29-31-33-35-42(45)51-40(39-50-52(46,47)49-37-36-43-3)38-48-41(44)34-32-30-28-26-24-22-17-15-13-11-9-7-5-2/h12,14,18-19,21,23,27,29,40,43H,4-11,13,15-17,20,22,24-26,28,30-39H2,1-3H3,(H,46,47)/b14-12-,19-18-,23-21-,29-27-. The Morgan fingerprint density at radius 1 is 0.596 bits per heavy atom. The smallest absolute Gasteiger partial charge is 0.462 e. The maximum absolute atomic E-state index is 12.6. The highest BCUT2D eigenvalue weighted by atomic mass is 31.2. The number of likely N-dealkylation sites (N-methyl/N-ethyl adjacent to an activating group) is 1. The third kappa shape index (κ3) is 37.7. The molecule has 52 heavy (non-hydrogen) atoms. The fraction of sp³-hybridized carbons (Fsp3) is 0.762. The van der Waals surface area contributed by atoms with Crippen molar-refractivity contribution in [3.05, 3.63) is 48.6 Å². The molecule has 0 amide bonds. The third-order valence-corrected chi connectivity index (χ3v) is 9.44. The molecule has 2 N–H and O–H groups in total. The average molecular weight is 754 g/mol. The summed E-state index contributed by atoms with van der Waals surface area (Å²) >= 11 is 0. The Morgan fingerprint density at radius 2 is 1.06 bits per heavy atom. The summed E-state index contributed by atoms with van der Waals surface area (Å²) < 4.78 is 33.1. The molecule has 0 aliphatic rings. The Bertz CT molecular complexity index is 996.